The number of aromatic nitrogens is 2. The molecule has 1 aromatic rings. The number of aryl methyl sites for hydroxylation is 1. The maximum absolute atomic E-state index is 11.6. The van der Waals surface area contributed by atoms with E-state index < -0.39 is 0 Å². The van der Waals surface area contributed by atoms with Gasteiger partial charge in [0.05, 0.1) is 11.8 Å². The third-order valence-corrected chi connectivity index (χ3v) is 2.25. The van der Waals surface area contributed by atoms with Crippen molar-refractivity contribution in [2.45, 2.75) is 39.3 Å². The third kappa shape index (κ3) is 2.67. The molecule has 1 unspecified atom stereocenters. The predicted molar refractivity (Wildman–Crippen MR) is 55.1 cm³/mol. The Morgan fingerprint density at radius 3 is 2.86 bits per heavy atom. The van der Waals surface area contributed by atoms with E-state index in [0.717, 1.165) is 13.0 Å². The normalized spacial score (nSPS) is 12.8. The van der Waals surface area contributed by atoms with Gasteiger partial charge in [0, 0.05) is 25.2 Å². The smallest absolute Gasteiger partial charge is 0.167 e. The molecule has 4 heteroatoms. The highest BCUT2D eigenvalue weighted by atomic mass is 16.1. The molecule has 0 radical (unpaired) electrons. The summed E-state index contributed by atoms with van der Waals surface area (Å²) in [7, 11) is 0. The SMILES string of the molecule is CCC(N)CC(=O)c1cnn(CC)c1. The van der Waals surface area contributed by atoms with Crippen molar-refractivity contribution in [2.24, 2.45) is 5.73 Å². The molecule has 0 aliphatic heterocycles. The quantitative estimate of drug-likeness (QED) is 0.718. The van der Waals surface area contributed by atoms with Gasteiger partial charge in [-0.15, -0.1) is 0 Å². The molecule has 2 N–H and O–H groups in total. The Balaban J connectivity index is 2.60. The number of carbonyl (C=O) groups excluding carboxylic acids is 1. The van der Waals surface area contributed by atoms with Crippen molar-refractivity contribution in [3.63, 3.8) is 0 Å². The largest absolute Gasteiger partial charge is 0.327 e. The van der Waals surface area contributed by atoms with Gasteiger partial charge in [0.25, 0.3) is 0 Å². The van der Waals surface area contributed by atoms with Crippen molar-refractivity contribution in [2.75, 3.05) is 0 Å². The average molecular weight is 195 g/mol. The number of hydrogen-bond donors (Lipinski definition) is 1. The van der Waals surface area contributed by atoms with Gasteiger partial charge in [0.1, 0.15) is 0 Å². The van der Waals surface area contributed by atoms with Crippen LogP contribution in [-0.4, -0.2) is 21.6 Å². The Morgan fingerprint density at radius 2 is 2.36 bits per heavy atom. The summed E-state index contributed by atoms with van der Waals surface area (Å²) in [6.45, 7) is 4.75. The van der Waals surface area contributed by atoms with Crippen molar-refractivity contribution in [1.29, 1.82) is 0 Å². The highest BCUT2D eigenvalue weighted by Gasteiger charge is 2.11. The van der Waals surface area contributed by atoms with Gasteiger partial charge < -0.3 is 5.73 Å². The van der Waals surface area contributed by atoms with Gasteiger partial charge >= 0.3 is 0 Å². The van der Waals surface area contributed by atoms with E-state index in [1.54, 1.807) is 17.1 Å². The molecule has 4 nitrogen and oxygen atoms in total. The van der Waals surface area contributed by atoms with E-state index in [9.17, 15) is 4.79 Å². The molecule has 1 aromatic heterocycles. The van der Waals surface area contributed by atoms with E-state index in [-0.39, 0.29) is 11.8 Å². The molecule has 1 rings (SSSR count). The van der Waals surface area contributed by atoms with Gasteiger partial charge in [-0.3, -0.25) is 9.48 Å². The highest BCUT2D eigenvalue weighted by molar-refractivity contribution is 5.95. The molecule has 0 aromatic carbocycles. The first-order chi connectivity index (χ1) is 6.67. The topological polar surface area (TPSA) is 60.9 Å². The Bertz CT molecular complexity index is 306. The van der Waals surface area contributed by atoms with Crippen molar-refractivity contribution in [3.05, 3.63) is 18.0 Å². The highest BCUT2D eigenvalue weighted by Crippen LogP contribution is 2.05. The van der Waals surface area contributed by atoms with Crippen molar-refractivity contribution < 1.29 is 4.79 Å². The van der Waals surface area contributed by atoms with Gasteiger partial charge in [-0.1, -0.05) is 6.92 Å². The van der Waals surface area contributed by atoms with Crippen LogP contribution in [0, 0.1) is 0 Å². The first-order valence-electron chi connectivity index (χ1n) is 4.98. The molecular weight excluding hydrogens is 178 g/mol. The van der Waals surface area contributed by atoms with E-state index in [1.807, 2.05) is 13.8 Å². The first kappa shape index (κ1) is 10.9. The molecule has 0 bridgehead atoms. The summed E-state index contributed by atoms with van der Waals surface area (Å²) in [6, 6.07) is -0.0347. The molecular formula is C10H17N3O. The van der Waals surface area contributed by atoms with Crippen LogP contribution in [0.4, 0.5) is 0 Å². The van der Waals surface area contributed by atoms with Gasteiger partial charge in [-0.05, 0) is 13.3 Å². The Morgan fingerprint density at radius 1 is 1.64 bits per heavy atom. The summed E-state index contributed by atoms with van der Waals surface area (Å²) >= 11 is 0. The zero-order valence-corrected chi connectivity index (χ0v) is 8.73. The van der Waals surface area contributed by atoms with Crippen molar-refractivity contribution in [1.82, 2.24) is 9.78 Å². The number of nitrogens with zero attached hydrogens (tertiary/aromatic N) is 2. The van der Waals surface area contributed by atoms with Gasteiger partial charge in [-0.2, -0.15) is 5.10 Å². The molecule has 14 heavy (non-hydrogen) atoms. The zero-order valence-electron chi connectivity index (χ0n) is 8.73. The minimum absolute atomic E-state index is 0.0347. The second kappa shape index (κ2) is 4.91. The van der Waals surface area contributed by atoms with Gasteiger partial charge in [-0.25, -0.2) is 0 Å². The van der Waals surface area contributed by atoms with Crippen LogP contribution in [-0.2, 0) is 6.54 Å². The summed E-state index contributed by atoms with van der Waals surface area (Å²) < 4.78 is 1.74. The number of rotatable bonds is 5. The second-order valence-electron chi connectivity index (χ2n) is 3.38. The molecule has 78 valence electrons. The molecule has 0 aliphatic rings. The molecule has 0 fully saturated rings. The maximum atomic E-state index is 11.6. The fraction of sp³-hybridized carbons (Fsp3) is 0.600. The van der Waals surface area contributed by atoms with Crippen LogP contribution >= 0.6 is 0 Å². The zero-order chi connectivity index (χ0) is 10.6. The van der Waals surface area contributed by atoms with Crippen LogP contribution in [0.15, 0.2) is 12.4 Å². The number of carbonyl (C=O) groups is 1. The van der Waals surface area contributed by atoms with E-state index in [0.29, 0.717) is 12.0 Å². The predicted octanol–water partition coefficient (Wildman–Crippen LogP) is 1.21. The van der Waals surface area contributed by atoms with Gasteiger partial charge in [0.2, 0.25) is 0 Å². The first-order valence-corrected chi connectivity index (χ1v) is 4.98. The molecule has 0 spiro atoms. The third-order valence-electron chi connectivity index (χ3n) is 2.25. The number of ketones is 1. The summed E-state index contributed by atoms with van der Waals surface area (Å²) in [4.78, 5) is 11.6. The molecule has 0 saturated heterocycles. The van der Waals surface area contributed by atoms with E-state index in [1.165, 1.54) is 0 Å². The van der Waals surface area contributed by atoms with Crippen LogP contribution < -0.4 is 5.73 Å². The van der Waals surface area contributed by atoms with Crippen LogP contribution in [0.1, 0.15) is 37.0 Å². The molecule has 1 heterocycles. The van der Waals surface area contributed by atoms with Crippen molar-refractivity contribution >= 4 is 5.78 Å². The summed E-state index contributed by atoms with van der Waals surface area (Å²) in [6.07, 6.45) is 4.61. The lowest BCUT2D eigenvalue weighted by Gasteiger charge is -2.05. The van der Waals surface area contributed by atoms with Crippen LogP contribution in [0.3, 0.4) is 0 Å². The minimum atomic E-state index is -0.0347. The van der Waals surface area contributed by atoms with Crippen LogP contribution in [0.25, 0.3) is 0 Å². The Hall–Kier alpha value is -1.16. The fourth-order valence-corrected chi connectivity index (χ4v) is 1.18. The van der Waals surface area contributed by atoms with Crippen LogP contribution in [0.5, 0.6) is 0 Å². The summed E-state index contributed by atoms with van der Waals surface area (Å²) in [5.41, 5.74) is 6.37. The van der Waals surface area contributed by atoms with E-state index in [4.69, 9.17) is 5.73 Å². The van der Waals surface area contributed by atoms with E-state index in [2.05, 4.69) is 5.10 Å². The molecule has 0 aliphatic carbocycles. The van der Waals surface area contributed by atoms with Crippen molar-refractivity contribution in [3.8, 4) is 0 Å². The Kier molecular flexibility index (Phi) is 3.83. The number of Topliss-reactive ketones (excluding diaryl/α,β-unsaturated/α-hetero) is 1. The Labute approximate surface area is 84.1 Å². The van der Waals surface area contributed by atoms with Crippen LogP contribution in [0.2, 0.25) is 0 Å². The minimum Gasteiger partial charge on any atom is -0.327 e. The lowest BCUT2D eigenvalue weighted by atomic mass is 10.1. The standard InChI is InChI=1S/C10H17N3O/c1-3-9(11)5-10(14)8-6-12-13(4-2)7-8/h6-7,9H,3-5,11H2,1-2H3. The summed E-state index contributed by atoms with van der Waals surface area (Å²) in [5, 5.41) is 4.04. The van der Waals surface area contributed by atoms with E-state index >= 15 is 0 Å². The fourth-order valence-electron chi connectivity index (χ4n) is 1.18. The average Bonchev–Trinajstić information content (AvgIpc) is 2.65. The monoisotopic (exact) mass is 195 g/mol. The second-order valence-corrected chi connectivity index (χ2v) is 3.38. The molecule has 0 saturated carbocycles. The molecule has 0 amide bonds. The summed E-state index contributed by atoms with van der Waals surface area (Å²) in [5.74, 6) is 0.0825. The lowest BCUT2D eigenvalue weighted by Crippen LogP contribution is -2.22. The molecule has 1 atom stereocenters. The van der Waals surface area contributed by atoms with Gasteiger partial charge in [0.15, 0.2) is 5.78 Å². The maximum Gasteiger partial charge on any atom is 0.167 e. The number of hydrogen-bond acceptors (Lipinski definition) is 3. The lowest BCUT2D eigenvalue weighted by molar-refractivity contribution is 0.0974. The number of nitrogens with two attached hydrogens (primary N) is 1.